The predicted octanol–water partition coefficient (Wildman–Crippen LogP) is 2.84. The van der Waals surface area contributed by atoms with E-state index in [0.29, 0.717) is 37.6 Å². The van der Waals surface area contributed by atoms with Crippen LogP contribution >= 0.6 is 0 Å². The maximum absolute atomic E-state index is 13.4. The van der Waals surface area contributed by atoms with Gasteiger partial charge in [-0.25, -0.2) is 4.98 Å². The third kappa shape index (κ3) is 3.51. The molecule has 3 N–H and O–H groups in total. The lowest BCUT2D eigenvalue weighted by atomic mass is 9.90. The molecule has 0 bridgehead atoms. The van der Waals surface area contributed by atoms with E-state index in [4.69, 9.17) is 10.5 Å². The van der Waals surface area contributed by atoms with Crippen molar-refractivity contribution >= 4 is 5.91 Å². The molecule has 28 heavy (non-hydrogen) atoms. The zero-order chi connectivity index (χ0) is 19.5. The fraction of sp³-hybridized carbons (Fsp3) is 0.273. The smallest absolute Gasteiger partial charge is 0.258 e. The fourth-order valence-electron chi connectivity index (χ4n) is 3.70. The Morgan fingerprint density at radius 2 is 2.11 bits per heavy atom. The fourth-order valence-corrected chi connectivity index (χ4v) is 3.70. The molecule has 144 valence electrons. The molecular weight excluding hydrogens is 352 g/mol. The van der Waals surface area contributed by atoms with Crippen LogP contribution in [0.5, 0.6) is 5.75 Å². The quantitative estimate of drug-likeness (QED) is 0.717. The van der Waals surface area contributed by atoms with Gasteiger partial charge in [-0.1, -0.05) is 42.0 Å². The maximum Gasteiger partial charge on any atom is 0.258 e. The van der Waals surface area contributed by atoms with E-state index in [1.807, 2.05) is 48.2 Å². The van der Waals surface area contributed by atoms with Crippen LogP contribution in [0.2, 0.25) is 0 Å². The van der Waals surface area contributed by atoms with Gasteiger partial charge < -0.3 is 20.4 Å². The van der Waals surface area contributed by atoms with Gasteiger partial charge in [-0.05, 0) is 24.6 Å². The molecule has 0 saturated heterocycles. The number of ether oxygens (including phenoxy) is 1. The first-order valence-corrected chi connectivity index (χ1v) is 9.47. The van der Waals surface area contributed by atoms with Crippen molar-refractivity contribution in [3.8, 4) is 5.75 Å². The Morgan fingerprint density at radius 3 is 2.89 bits per heavy atom. The number of fused-ring (bicyclic) bond motifs is 1. The highest BCUT2D eigenvalue weighted by molar-refractivity contribution is 5.97. The number of nitrogens with zero attached hydrogens (tertiary/aromatic N) is 2. The highest BCUT2D eigenvalue weighted by atomic mass is 16.5. The summed E-state index contributed by atoms with van der Waals surface area (Å²) < 4.78 is 5.73. The first-order chi connectivity index (χ1) is 13.7. The van der Waals surface area contributed by atoms with Crippen LogP contribution in [-0.4, -0.2) is 40.5 Å². The number of rotatable bonds is 5. The zero-order valence-corrected chi connectivity index (χ0v) is 15.9. The number of aromatic amines is 1. The molecule has 4 rings (SSSR count). The minimum atomic E-state index is -0.0445. The molecule has 1 unspecified atom stereocenters. The average molecular weight is 376 g/mol. The van der Waals surface area contributed by atoms with Gasteiger partial charge in [-0.3, -0.25) is 4.79 Å². The van der Waals surface area contributed by atoms with Crippen LogP contribution in [-0.2, 0) is 6.54 Å². The summed E-state index contributed by atoms with van der Waals surface area (Å²) in [6.45, 7) is 3.83. The van der Waals surface area contributed by atoms with Gasteiger partial charge in [0, 0.05) is 19.0 Å². The summed E-state index contributed by atoms with van der Waals surface area (Å²) in [7, 11) is 0. The Hall–Kier alpha value is -3.12. The molecule has 0 fully saturated rings. The minimum Gasteiger partial charge on any atom is -0.491 e. The molecule has 3 aromatic rings. The Morgan fingerprint density at radius 1 is 1.29 bits per heavy atom. The molecule has 0 saturated carbocycles. The number of hydrogen-bond donors (Lipinski definition) is 2. The minimum absolute atomic E-state index is 0.0402. The van der Waals surface area contributed by atoms with Crippen molar-refractivity contribution < 1.29 is 9.53 Å². The van der Waals surface area contributed by atoms with Crippen molar-refractivity contribution in [3.63, 3.8) is 0 Å². The normalized spacial score (nSPS) is 15.9. The highest BCUT2D eigenvalue weighted by Gasteiger charge is 2.32. The van der Waals surface area contributed by atoms with Gasteiger partial charge in [0.25, 0.3) is 5.91 Å². The van der Waals surface area contributed by atoms with Gasteiger partial charge >= 0.3 is 0 Å². The number of imidazole rings is 1. The van der Waals surface area contributed by atoms with Gasteiger partial charge in [0.15, 0.2) is 0 Å². The van der Waals surface area contributed by atoms with Crippen molar-refractivity contribution in [1.82, 2.24) is 14.9 Å². The number of hydrogen-bond acceptors (Lipinski definition) is 4. The van der Waals surface area contributed by atoms with E-state index in [0.717, 1.165) is 22.5 Å². The number of amides is 1. The molecule has 0 radical (unpaired) electrons. The van der Waals surface area contributed by atoms with Crippen molar-refractivity contribution in [1.29, 1.82) is 0 Å². The monoisotopic (exact) mass is 376 g/mol. The summed E-state index contributed by atoms with van der Waals surface area (Å²) in [5, 5.41) is 0. The van der Waals surface area contributed by atoms with Gasteiger partial charge in [0.2, 0.25) is 0 Å². The second-order valence-electron chi connectivity index (χ2n) is 7.05. The Bertz CT molecular complexity index is 968. The molecular formula is C22H24N4O2. The largest absolute Gasteiger partial charge is 0.491 e. The molecule has 2 aromatic carbocycles. The molecule has 6 nitrogen and oxygen atoms in total. The second-order valence-corrected chi connectivity index (χ2v) is 7.05. The van der Waals surface area contributed by atoms with Crippen LogP contribution in [0.4, 0.5) is 0 Å². The first kappa shape index (κ1) is 18.3. The van der Waals surface area contributed by atoms with E-state index in [1.165, 1.54) is 0 Å². The van der Waals surface area contributed by atoms with Crippen LogP contribution in [0, 0.1) is 6.92 Å². The summed E-state index contributed by atoms with van der Waals surface area (Å²) in [5.41, 5.74) is 10.3. The number of nitrogens with two attached hydrogens (primary N) is 1. The number of H-pyrrole nitrogens is 1. The number of nitrogens with one attached hydrogen (secondary N) is 1. The molecule has 2 heterocycles. The molecule has 0 aliphatic carbocycles. The van der Waals surface area contributed by atoms with Crippen LogP contribution in [0.3, 0.4) is 0 Å². The summed E-state index contributed by atoms with van der Waals surface area (Å²) in [6, 6.07) is 15.9. The van der Waals surface area contributed by atoms with Crippen molar-refractivity contribution in [2.24, 2.45) is 5.73 Å². The zero-order valence-electron chi connectivity index (χ0n) is 15.9. The van der Waals surface area contributed by atoms with Crippen molar-refractivity contribution in [2.45, 2.75) is 19.4 Å². The standard InChI is InChI=1S/C22H24N4O2/c1-15-7-8-20(28-10-9-23)17(11-15)22(27)26-12-18(16-5-3-2-4-6-16)21-19(13-26)24-14-25-21/h2-8,11,14,18H,9-10,12-13,23H2,1H3,(H,24,25). The molecule has 6 heteroatoms. The molecule has 1 aliphatic heterocycles. The predicted molar refractivity (Wildman–Crippen MR) is 107 cm³/mol. The van der Waals surface area contributed by atoms with Gasteiger partial charge in [0.1, 0.15) is 12.4 Å². The summed E-state index contributed by atoms with van der Waals surface area (Å²) in [5.74, 6) is 0.572. The highest BCUT2D eigenvalue weighted by Crippen LogP contribution is 2.33. The number of aryl methyl sites for hydroxylation is 1. The third-order valence-corrected chi connectivity index (χ3v) is 5.06. The maximum atomic E-state index is 13.4. The number of carbonyl (C=O) groups is 1. The van der Waals surface area contributed by atoms with Crippen molar-refractivity contribution in [3.05, 3.63) is 82.9 Å². The third-order valence-electron chi connectivity index (χ3n) is 5.06. The summed E-state index contributed by atoms with van der Waals surface area (Å²) in [4.78, 5) is 23.0. The molecule has 1 aliphatic rings. The Labute approximate surface area is 164 Å². The van der Waals surface area contributed by atoms with E-state index in [1.54, 1.807) is 6.33 Å². The lowest BCUT2D eigenvalue weighted by molar-refractivity contribution is 0.0717. The molecule has 1 atom stereocenters. The summed E-state index contributed by atoms with van der Waals surface area (Å²) in [6.07, 6.45) is 1.71. The van der Waals surface area contributed by atoms with Gasteiger partial charge in [0.05, 0.1) is 29.8 Å². The van der Waals surface area contributed by atoms with Crippen LogP contribution in [0.25, 0.3) is 0 Å². The van der Waals surface area contributed by atoms with Crippen LogP contribution < -0.4 is 10.5 Å². The van der Waals surface area contributed by atoms with E-state index < -0.39 is 0 Å². The van der Waals surface area contributed by atoms with Crippen LogP contribution in [0.15, 0.2) is 54.9 Å². The van der Waals surface area contributed by atoms with E-state index in [-0.39, 0.29) is 11.8 Å². The Kier molecular flexibility index (Phi) is 5.12. The molecule has 0 spiro atoms. The van der Waals surface area contributed by atoms with Gasteiger partial charge in [-0.2, -0.15) is 0 Å². The topological polar surface area (TPSA) is 84.2 Å². The lowest BCUT2D eigenvalue weighted by Crippen LogP contribution is -2.39. The van der Waals surface area contributed by atoms with Gasteiger partial charge in [-0.15, -0.1) is 0 Å². The van der Waals surface area contributed by atoms with E-state index in [2.05, 4.69) is 22.1 Å². The number of carbonyl (C=O) groups excluding carboxylic acids is 1. The first-order valence-electron chi connectivity index (χ1n) is 9.47. The van der Waals surface area contributed by atoms with E-state index in [9.17, 15) is 4.79 Å². The molecule has 1 amide bonds. The number of aromatic nitrogens is 2. The second kappa shape index (κ2) is 7.86. The summed E-state index contributed by atoms with van der Waals surface area (Å²) >= 11 is 0. The molecule has 1 aromatic heterocycles. The van der Waals surface area contributed by atoms with E-state index >= 15 is 0 Å². The SMILES string of the molecule is Cc1ccc(OCCN)c(C(=O)N2Cc3[nH]cnc3C(c3ccccc3)C2)c1. The lowest BCUT2D eigenvalue weighted by Gasteiger charge is -2.32. The van der Waals surface area contributed by atoms with Crippen molar-refractivity contribution in [2.75, 3.05) is 19.7 Å². The average Bonchev–Trinajstić information content (AvgIpc) is 3.21. The van der Waals surface area contributed by atoms with Crippen LogP contribution in [0.1, 0.15) is 38.8 Å². The number of benzene rings is 2. The Balaban J connectivity index is 1.67.